The summed E-state index contributed by atoms with van der Waals surface area (Å²) in [6, 6.07) is 0. The SMILES string of the molecule is [CH2]CCCCCCCCCCCCCCN. The Bertz CT molecular complexity index is 98.0. The van der Waals surface area contributed by atoms with Crippen LogP contribution in [0.5, 0.6) is 0 Å². The highest BCUT2D eigenvalue weighted by molar-refractivity contribution is 4.49. The van der Waals surface area contributed by atoms with Crippen LogP contribution in [0, 0.1) is 6.92 Å². The van der Waals surface area contributed by atoms with Crippen molar-refractivity contribution in [2.45, 2.75) is 83.5 Å². The third-order valence-electron chi connectivity index (χ3n) is 3.20. The van der Waals surface area contributed by atoms with Crippen LogP contribution in [0.2, 0.25) is 0 Å². The summed E-state index contributed by atoms with van der Waals surface area (Å²) in [5.41, 5.74) is 5.46. The van der Waals surface area contributed by atoms with Gasteiger partial charge < -0.3 is 5.73 Å². The van der Waals surface area contributed by atoms with Crippen molar-refractivity contribution in [1.29, 1.82) is 0 Å². The molecule has 0 fully saturated rings. The second-order valence-electron chi connectivity index (χ2n) is 4.88. The molecule has 97 valence electrons. The van der Waals surface area contributed by atoms with Crippen molar-refractivity contribution in [1.82, 2.24) is 0 Å². The second-order valence-corrected chi connectivity index (χ2v) is 4.88. The van der Waals surface area contributed by atoms with E-state index in [0.29, 0.717) is 0 Å². The van der Waals surface area contributed by atoms with Crippen molar-refractivity contribution in [3.8, 4) is 0 Å². The maximum Gasteiger partial charge on any atom is -0.00773 e. The molecule has 0 aliphatic carbocycles. The van der Waals surface area contributed by atoms with Crippen LogP contribution in [0.15, 0.2) is 0 Å². The van der Waals surface area contributed by atoms with E-state index in [1.54, 1.807) is 0 Å². The molecule has 1 heteroatoms. The lowest BCUT2D eigenvalue weighted by atomic mass is 10.0. The smallest absolute Gasteiger partial charge is 0.00773 e. The molecule has 0 atom stereocenters. The van der Waals surface area contributed by atoms with Gasteiger partial charge in [0, 0.05) is 0 Å². The average molecular weight is 226 g/mol. The molecule has 1 radical (unpaired) electrons. The normalized spacial score (nSPS) is 10.9. The van der Waals surface area contributed by atoms with Gasteiger partial charge in [-0.25, -0.2) is 0 Å². The first-order valence-corrected chi connectivity index (χ1v) is 7.41. The zero-order valence-electron chi connectivity index (χ0n) is 11.2. The topological polar surface area (TPSA) is 26.0 Å². The van der Waals surface area contributed by atoms with Gasteiger partial charge in [-0.1, -0.05) is 84.0 Å². The van der Waals surface area contributed by atoms with E-state index in [0.717, 1.165) is 13.0 Å². The van der Waals surface area contributed by atoms with Crippen LogP contribution >= 0.6 is 0 Å². The molecule has 0 unspecified atom stereocenters. The van der Waals surface area contributed by atoms with Gasteiger partial charge in [0.25, 0.3) is 0 Å². The van der Waals surface area contributed by atoms with E-state index in [9.17, 15) is 0 Å². The Hall–Kier alpha value is -0.0400. The van der Waals surface area contributed by atoms with Crippen LogP contribution in [0.25, 0.3) is 0 Å². The van der Waals surface area contributed by atoms with E-state index >= 15 is 0 Å². The van der Waals surface area contributed by atoms with Crippen molar-refractivity contribution >= 4 is 0 Å². The van der Waals surface area contributed by atoms with Crippen LogP contribution < -0.4 is 5.73 Å². The predicted molar refractivity (Wildman–Crippen MR) is 74.4 cm³/mol. The molecule has 0 saturated carbocycles. The van der Waals surface area contributed by atoms with Crippen LogP contribution in [0.3, 0.4) is 0 Å². The van der Waals surface area contributed by atoms with Crippen molar-refractivity contribution in [2.24, 2.45) is 5.73 Å². The molecule has 1 nitrogen and oxygen atoms in total. The lowest BCUT2D eigenvalue weighted by Gasteiger charge is -2.02. The summed E-state index contributed by atoms with van der Waals surface area (Å²) in [7, 11) is 0. The fourth-order valence-corrected chi connectivity index (χ4v) is 2.09. The highest BCUT2D eigenvalue weighted by Gasteiger charge is 1.92. The lowest BCUT2D eigenvalue weighted by Crippen LogP contribution is -1.97. The molecule has 0 aromatic heterocycles. The second kappa shape index (κ2) is 15.0. The lowest BCUT2D eigenvalue weighted by molar-refractivity contribution is 0.542. The van der Waals surface area contributed by atoms with Gasteiger partial charge in [0.2, 0.25) is 0 Å². The third kappa shape index (κ3) is 14.0. The molecule has 0 saturated heterocycles. The first-order valence-electron chi connectivity index (χ1n) is 7.41. The maximum absolute atomic E-state index is 5.46. The van der Waals surface area contributed by atoms with Gasteiger partial charge in [-0.15, -0.1) is 0 Å². The highest BCUT2D eigenvalue weighted by atomic mass is 14.5. The minimum absolute atomic E-state index is 0.868. The van der Waals surface area contributed by atoms with E-state index in [1.165, 1.54) is 77.0 Å². The van der Waals surface area contributed by atoms with E-state index < -0.39 is 0 Å². The summed E-state index contributed by atoms with van der Waals surface area (Å²) in [6.07, 6.45) is 17.8. The van der Waals surface area contributed by atoms with Crippen LogP contribution in [-0.2, 0) is 0 Å². The summed E-state index contributed by atoms with van der Waals surface area (Å²) in [5, 5.41) is 0. The van der Waals surface area contributed by atoms with Crippen LogP contribution in [0.1, 0.15) is 83.5 Å². The van der Waals surface area contributed by atoms with Gasteiger partial charge in [-0.2, -0.15) is 0 Å². The number of unbranched alkanes of at least 4 members (excludes halogenated alkanes) is 12. The molecule has 0 rings (SSSR count). The minimum atomic E-state index is 0.868. The molecule has 0 amide bonds. The summed E-state index contributed by atoms with van der Waals surface area (Å²) in [4.78, 5) is 0. The third-order valence-corrected chi connectivity index (χ3v) is 3.20. The first kappa shape index (κ1) is 16.0. The number of hydrogen-bond donors (Lipinski definition) is 1. The Morgan fingerprint density at radius 2 is 0.812 bits per heavy atom. The molecule has 0 heterocycles. The average Bonchev–Trinajstić information content (AvgIpc) is 2.31. The van der Waals surface area contributed by atoms with E-state index in [-0.39, 0.29) is 0 Å². The highest BCUT2D eigenvalue weighted by Crippen LogP contribution is 2.12. The van der Waals surface area contributed by atoms with Crippen molar-refractivity contribution in [3.63, 3.8) is 0 Å². The molecule has 0 aliphatic rings. The molecule has 0 aromatic carbocycles. The molecule has 2 N–H and O–H groups in total. The Morgan fingerprint density at radius 3 is 1.12 bits per heavy atom. The molecular formula is C15H32N. The Labute approximate surface area is 103 Å². The number of hydrogen-bond acceptors (Lipinski definition) is 1. The Balaban J connectivity index is 2.83. The van der Waals surface area contributed by atoms with Gasteiger partial charge in [-0.05, 0) is 13.0 Å². The van der Waals surface area contributed by atoms with Crippen molar-refractivity contribution < 1.29 is 0 Å². The van der Waals surface area contributed by atoms with Gasteiger partial charge in [0.15, 0.2) is 0 Å². The zero-order valence-corrected chi connectivity index (χ0v) is 11.2. The number of nitrogens with two attached hydrogens (primary N) is 1. The Morgan fingerprint density at radius 1 is 0.500 bits per heavy atom. The largest absolute Gasteiger partial charge is 0.330 e. The Kier molecular flexibility index (Phi) is 14.9. The van der Waals surface area contributed by atoms with Gasteiger partial charge >= 0.3 is 0 Å². The fraction of sp³-hybridized carbons (Fsp3) is 0.933. The van der Waals surface area contributed by atoms with Gasteiger partial charge in [-0.3, -0.25) is 0 Å². The maximum atomic E-state index is 5.46. The standard InChI is InChI=1S/C15H32N/c1-2-3-4-5-6-7-8-9-10-11-12-13-14-15-16/h1-16H2. The quantitative estimate of drug-likeness (QED) is 0.446. The predicted octanol–water partition coefficient (Wildman–Crippen LogP) is 4.85. The summed E-state index contributed by atoms with van der Waals surface area (Å²) in [6.45, 7) is 4.74. The monoisotopic (exact) mass is 226 g/mol. The molecule has 0 spiro atoms. The molecule has 0 bridgehead atoms. The molecule has 0 aromatic rings. The molecule has 0 aliphatic heterocycles. The number of rotatable bonds is 13. The van der Waals surface area contributed by atoms with Gasteiger partial charge in [0.05, 0.1) is 0 Å². The van der Waals surface area contributed by atoms with E-state index in [2.05, 4.69) is 6.92 Å². The van der Waals surface area contributed by atoms with Crippen molar-refractivity contribution in [3.05, 3.63) is 6.92 Å². The molecular weight excluding hydrogens is 194 g/mol. The first-order chi connectivity index (χ1) is 7.91. The van der Waals surface area contributed by atoms with Crippen molar-refractivity contribution in [2.75, 3.05) is 6.54 Å². The summed E-state index contributed by atoms with van der Waals surface area (Å²) >= 11 is 0. The van der Waals surface area contributed by atoms with E-state index in [1.807, 2.05) is 0 Å². The van der Waals surface area contributed by atoms with Crippen LogP contribution in [0.4, 0.5) is 0 Å². The summed E-state index contributed by atoms with van der Waals surface area (Å²) < 4.78 is 0. The summed E-state index contributed by atoms with van der Waals surface area (Å²) in [5.74, 6) is 0. The fourth-order valence-electron chi connectivity index (χ4n) is 2.09. The van der Waals surface area contributed by atoms with Gasteiger partial charge in [0.1, 0.15) is 0 Å². The molecule has 16 heavy (non-hydrogen) atoms. The minimum Gasteiger partial charge on any atom is -0.330 e. The van der Waals surface area contributed by atoms with Crippen LogP contribution in [-0.4, -0.2) is 6.54 Å². The zero-order chi connectivity index (χ0) is 11.9. The van der Waals surface area contributed by atoms with E-state index in [4.69, 9.17) is 5.73 Å².